The van der Waals surface area contributed by atoms with E-state index in [1.165, 1.54) is 6.07 Å². The first kappa shape index (κ1) is 11.3. The maximum Gasteiger partial charge on any atom is 0.272 e. The van der Waals surface area contributed by atoms with Crippen molar-refractivity contribution >= 4 is 22.5 Å². The van der Waals surface area contributed by atoms with Gasteiger partial charge in [-0.25, -0.2) is 18.7 Å². The first-order chi connectivity index (χ1) is 8.63. The minimum Gasteiger partial charge on any atom is -0.341 e. The second kappa shape index (κ2) is 4.13. The second-order valence-electron chi connectivity index (χ2n) is 3.96. The third-order valence-corrected chi connectivity index (χ3v) is 3.56. The van der Waals surface area contributed by atoms with Gasteiger partial charge in [-0.15, -0.1) is 11.3 Å². The Labute approximate surface area is 106 Å². The fraction of sp³-hybridized carbons (Fsp3) is 0.167. The summed E-state index contributed by atoms with van der Waals surface area (Å²) >= 11 is 1.06. The molecule has 3 rings (SSSR count). The highest BCUT2D eigenvalue weighted by molar-refractivity contribution is 7.10. The largest absolute Gasteiger partial charge is 0.341 e. The highest BCUT2D eigenvalue weighted by Crippen LogP contribution is 2.32. The number of H-pyrrole nitrogens is 1. The van der Waals surface area contributed by atoms with E-state index in [1.54, 1.807) is 11.6 Å². The number of hydrogen-bond donors (Lipinski definition) is 1. The Balaban J connectivity index is 2.06. The number of fused-ring (bicyclic) bond motifs is 1. The summed E-state index contributed by atoms with van der Waals surface area (Å²) in [5.41, 5.74) is 3.03. The SMILES string of the molecule is Cc1nc2ncc(-c3csc(C(F)F)c3)cc2[nH]1. The topological polar surface area (TPSA) is 41.6 Å². The maximum atomic E-state index is 12.5. The third kappa shape index (κ3) is 1.88. The van der Waals surface area contributed by atoms with Crippen molar-refractivity contribution in [1.29, 1.82) is 0 Å². The molecule has 0 aliphatic heterocycles. The molecule has 6 heteroatoms. The second-order valence-corrected chi connectivity index (χ2v) is 4.90. The predicted molar refractivity (Wildman–Crippen MR) is 66.9 cm³/mol. The lowest BCUT2D eigenvalue weighted by atomic mass is 10.1. The molecule has 3 aromatic rings. The molecule has 18 heavy (non-hydrogen) atoms. The molecule has 3 heterocycles. The van der Waals surface area contributed by atoms with Crippen molar-refractivity contribution in [3.8, 4) is 11.1 Å². The van der Waals surface area contributed by atoms with E-state index < -0.39 is 6.43 Å². The van der Waals surface area contributed by atoms with Crippen LogP contribution in [0.3, 0.4) is 0 Å². The number of aromatic amines is 1. The van der Waals surface area contributed by atoms with Gasteiger partial charge >= 0.3 is 0 Å². The van der Waals surface area contributed by atoms with Crippen LogP contribution in [0.5, 0.6) is 0 Å². The Hall–Kier alpha value is -1.82. The zero-order valence-corrected chi connectivity index (χ0v) is 10.3. The fourth-order valence-electron chi connectivity index (χ4n) is 1.80. The number of thiophene rings is 1. The molecule has 3 nitrogen and oxygen atoms in total. The summed E-state index contributed by atoms with van der Waals surface area (Å²) in [7, 11) is 0. The van der Waals surface area contributed by atoms with Crippen LogP contribution in [0.2, 0.25) is 0 Å². The molecule has 0 aromatic carbocycles. The maximum absolute atomic E-state index is 12.5. The van der Waals surface area contributed by atoms with Crippen LogP contribution in [0, 0.1) is 6.92 Å². The highest BCUT2D eigenvalue weighted by Gasteiger charge is 2.12. The van der Waals surface area contributed by atoms with Crippen molar-refractivity contribution < 1.29 is 8.78 Å². The number of aromatic nitrogens is 3. The summed E-state index contributed by atoms with van der Waals surface area (Å²) in [6.45, 7) is 1.85. The molecule has 0 unspecified atom stereocenters. The van der Waals surface area contributed by atoms with Crippen molar-refractivity contribution in [2.45, 2.75) is 13.3 Å². The van der Waals surface area contributed by atoms with Crippen LogP contribution in [0.4, 0.5) is 8.78 Å². The fourth-order valence-corrected chi connectivity index (χ4v) is 2.56. The number of nitrogens with zero attached hydrogens (tertiary/aromatic N) is 2. The van der Waals surface area contributed by atoms with Crippen LogP contribution in [-0.2, 0) is 0 Å². The van der Waals surface area contributed by atoms with E-state index in [2.05, 4.69) is 15.0 Å². The predicted octanol–water partition coefficient (Wildman–Crippen LogP) is 3.93. The molecule has 0 aliphatic rings. The van der Waals surface area contributed by atoms with E-state index in [4.69, 9.17) is 0 Å². The van der Waals surface area contributed by atoms with Crippen LogP contribution >= 0.6 is 11.3 Å². The number of hydrogen-bond acceptors (Lipinski definition) is 3. The van der Waals surface area contributed by atoms with Gasteiger partial charge in [-0.05, 0) is 30.0 Å². The molecule has 92 valence electrons. The Morgan fingerprint density at radius 2 is 2.11 bits per heavy atom. The van der Waals surface area contributed by atoms with Gasteiger partial charge in [-0.2, -0.15) is 0 Å². The lowest BCUT2D eigenvalue weighted by Crippen LogP contribution is -1.80. The summed E-state index contributed by atoms with van der Waals surface area (Å²) in [6.07, 6.45) is -0.769. The lowest BCUT2D eigenvalue weighted by Gasteiger charge is -1.96. The van der Waals surface area contributed by atoms with Gasteiger partial charge < -0.3 is 4.98 Å². The Morgan fingerprint density at radius 1 is 1.28 bits per heavy atom. The van der Waals surface area contributed by atoms with E-state index in [-0.39, 0.29) is 4.88 Å². The quantitative estimate of drug-likeness (QED) is 0.762. The average Bonchev–Trinajstić information content (AvgIpc) is 2.91. The molecule has 0 atom stereocenters. The van der Waals surface area contributed by atoms with Gasteiger partial charge in [0.25, 0.3) is 6.43 Å². The highest BCUT2D eigenvalue weighted by atomic mass is 32.1. The normalized spacial score (nSPS) is 11.6. The third-order valence-electron chi connectivity index (χ3n) is 2.62. The number of aryl methyl sites for hydroxylation is 1. The molecule has 0 amide bonds. The molecule has 0 saturated carbocycles. The number of rotatable bonds is 2. The van der Waals surface area contributed by atoms with Crippen LogP contribution in [0.25, 0.3) is 22.3 Å². The molecule has 3 aromatic heterocycles. The number of pyridine rings is 1. The van der Waals surface area contributed by atoms with E-state index in [0.29, 0.717) is 5.65 Å². The van der Waals surface area contributed by atoms with E-state index in [0.717, 1.165) is 33.8 Å². The van der Waals surface area contributed by atoms with Gasteiger partial charge in [-0.3, -0.25) is 0 Å². The monoisotopic (exact) mass is 265 g/mol. The van der Waals surface area contributed by atoms with E-state index in [1.807, 2.05) is 13.0 Å². The molecule has 0 aliphatic carbocycles. The lowest BCUT2D eigenvalue weighted by molar-refractivity contribution is 0.155. The number of imidazole rings is 1. The van der Waals surface area contributed by atoms with Gasteiger partial charge in [0.05, 0.1) is 10.4 Å². The Kier molecular flexibility index (Phi) is 2.59. The van der Waals surface area contributed by atoms with Crippen molar-refractivity contribution in [1.82, 2.24) is 15.0 Å². The molecule has 0 saturated heterocycles. The molecular weight excluding hydrogens is 256 g/mol. The van der Waals surface area contributed by atoms with Crippen LogP contribution < -0.4 is 0 Å². The van der Waals surface area contributed by atoms with Gasteiger partial charge in [0.1, 0.15) is 5.82 Å². The molecular formula is C12H9F2N3S. The standard InChI is InChI=1S/C12H9F2N3S/c1-6-16-9-2-7(4-15-12(9)17-6)8-3-10(11(13)14)18-5-8/h2-5,11H,1H3,(H,15,16,17). The smallest absolute Gasteiger partial charge is 0.272 e. The van der Waals surface area contributed by atoms with Crippen molar-refractivity contribution in [3.05, 3.63) is 34.4 Å². The molecule has 1 N–H and O–H groups in total. The van der Waals surface area contributed by atoms with Crippen molar-refractivity contribution in [2.75, 3.05) is 0 Å². The minimum absolute atomic E-state index is 0.0749. The van der Waals surface area contributed by atoms with Gasteiger partial charge in [-0.1, -0.05) is 0 Å². The van der Waals surface area contributed by atoms with Crippen LogP contribution in [0.1, 0.15) is 17.1 Å². The number of alkyl halides is 2. The summed E-state index contributed by atoms with van der Waals surface area (Å²) < 4.78 is 25.1. The zero-order valence-electron chi connectivity index (χ0n) is 9.45. The van der Waals surface area contributed by atoms with E-state index in [9.17, 15) is 8.78 Å². The van der Waals surface area contributed by atoms with Crippen molar-refractivity contribution in [2.24, 2.45) is 0 Å². The molecule has 0 fully saturated rings. The first-order valence-electron chi connectivity index (χ1n) is 5.33. The number of halogens is 2. The molecule has 0 bridgehead atoms. The summed E-state index contributed by atoms with van der Waals surface area (Å²) in [6, 6.07) is 3.38. The summed E-state index contributed by atoms with van der Waals surface area (Å²) in [4.78, 5) is 11.6. The summed E-state index contributed by atoms with van der Waals surface area (Å²) in [5, 5.41) is 1.72. The van der Waals surface area contributed by atoms with Gasteiger partial charge in [0.2, 0.25) is 0 Å². The molecule has 0 radical (unpaired) electrons. The first-order valence-corrected chi connectivity index (χ1v) is 6.21. The average molecular weight is 265 g/mol. The van der Waals surface area contributed by atoms with Gasteiger partial charge in [0.15, 0.2) is 5.65 Å². The Bertz CT molecular complexity index is 702. The van der Waals surface area contributed by atoms with Crippen molar-refractivity contribution in [3.63, 3.8) is 0 Å². The summed E-state index contributed by atoms with van der Waals surface area (Å²) in [5.74, 6) is 0.785. The zero-order chi connectivity index (χ0) is 12.7. The van der Waals surface area contributed by atoms with Gasteiger partial charge in [0, 0.05) is 11.8 Å². The Morgan fingerprint density at radius 3 is 2.83 bits per heavy atom. The van der Waals surface area contributed by atoms with Crippen LogP contribution in [0.15, 0.2) is 23.7 Å². The van der Waals surface area contributed by atoms with E-state index >= 15 is 0 Å². The minimum atomic E-state index is -2.42. The van der Waals surface area contributed by atoms with Crippen LogP contribution in [-0.4, -0.2) is 15.0 Å². The molecule has 0 spiro atoms. The number of nitrogens with one attached hydrogen (secondary N) is 1.